The molecule has 3 unspecified atom stereocenters. The molecule has 1 fully saturated rings. The Morgan fingerprint density at radius 1 is 0.895 bits per heavy atom. The van der Waals surface area contributed by atoms with Crippen LogP contribution in [0.1, 0.15) is 68.2 Å². The molecule has 38 heavy (non-hydrogen) atoms. The molecule has 1 saturated carbocycles. The van der Waals surface area contributed by atoms with E-state index in [0.717, 1.165) is 25.0 Å². The lowest BCUT2D eigenvalue weighted by Gasteiger charge is -2.51. The maximum atomic E-state index is 6.85. The number of benzene rings is 3. The van der Waals surface area contributed by atoms with E-state index in [2.05, 4.69) is 119 Å². The third-order valence-electron chi connectivity index (χ3n) is 8.36. The highest BCUT2D eigenvalue weighted by Gasteiger charge is 2.50. The number of ether oxygens (including phenoxy) is 1. The molecular weight excluding hydrogens is 480 g/mol. The molecule has 2 aliphatic rings. The van der Waals surface area contributed by atoms with Crippen LogP contribution in [0.4, 0.5) is 0 Å². The summed E-state index contributed by atoms with van der Waals surface area (Å²) in [5.74, 6) is 1.79. The van der Waals surface area contributed by atoms with Gasteiger partial charge in [0.25, 0.3) is 9.04 Å². The van der Waals surface area contributed by atoms with Crippen molar-refractivity contribution < 1.29 is 9.16 Å². The van der Waals surface area contributed by atoms with Crippen molar-refractivity contribution in [3.8, 4) is 5.75 Å². The molecular formula is C35H41O2Si. The van der Waals surface area contributed by atoms with Crippen molar-refractivity contribution in [3.63, 3.8) is 0 Å². The highest BCUT2D eigenvalue weighted by Crippen LogP contribution is 2.61. The van der Waals surface area contributed by atoms with Gasteiger partial charge in [-0.15, -0.1) is 0 Å². The summed E-state index contributed by atoms with van der Waals surface area (Å²) in [6.45, 7) is 11.4. The molecule has 3 heteroatoms. The number of hydrogen-bond acceptors (Lipinski definition) is 2. The first-order chi connectivity index (χ1) is 18.2. The summed E-state index contributed by atoms with van der Waals surface area (Å²) in [5.41, 5.74) is 8.08. The molecule has 2 aliphatic carbocycles. The number of rotatable bonds is 6. The van der Waals surface area contributed by atoms with Crippen LogP contribution in [0.15, 0.2) is 96.8 Å². The average molecular weight is 522 g/mol. The number of para-hydroxylation sites is 1. The van der Waals surface area contributed by atoms with Gasteiger partial charge in [0.1, 0.15) is 5.75 Å². The molecule has 0 aromatic heterocycles. The minimum Gasteiger partial charge on any atom is -0.542 e. The molecule has 0 N–H and O–H groups in total. The number of hydrogen-bond donors (Lipinski definition) is 0. The molecule has 197 valence electrons. The Bertz CT molecular complexity index is 1320. The van der Waals surface area contributed by atoms with Crippen LogP contribution in [-0.4, -0.2) is 16.2 Å². The van der Waals surface area contributed by atoms with Crippen molar-refractivity contribution in [1.82, 2.24) is 0 Å². The quantitative estimate of drug-likeness (QED) is 0.238. The Labute approximate surface area is 231 Å². The summed E-state index contributed by atoms with van der Waals surface area (Å²) in [4.78, 5) is 0. The first-order valence-electron chi connectivity index (χ1n) is 13.9. The van der Waals surface area contributed by atoms with Crippen LogP contribution in [0.3, 0.4) is 0 Å². The van der Waals surface area contributed by atoms with E-state index in [0.29, 0.717) is 11.8 Å². The lowest BCUT2D eigenvalue weighted by molar-refractivity contribution is 0.272. The maximum Gasteiger partial charge on any atom is 0.274 e. The molecule has 0 spiro atoms. The van der Waals surface area contributed by atoms with Gasteiger partial charge in [-0.3, -0.25) is 0 Å². The summed E-state index contributed by atoms with van der Waals surface area (Å²) in [6.07, 6.45) is 7.70. The molecule has 0 saturated heterocycles. The van der Waals surface area contributed by atoms with Crippen LogP contribution in [0, 0.1) is 5.92 Å². The Hall–Kier alpha value is -3.04. The maximum absolute atomic E-state index is 6.85. The zero-order valence-electron chi connectivity index (χ0n) is 23.8. The Kier molecular flexibility index (Phi) is 7.42. The van der Waals surface area contributed by atoms with Crippen molar-refractivity contribution in [3.05, 3.63) is 119 Å². The van der Waals surface area contributed by atoms with Crippen molar-refractivity contribution in [1.29, 1.82) is 0 Å². The zero-order chi connectivity index (χ0) is 26.9. The van der Waals surface area contributed by atoms with Crippen LogP contribution < -0.4 is 4.43 Å². The van der Waals surface area contributed by atoms with Gasteiger partial charge in [0.05, 0.1) is 13.4 Å². The van der Waals surface area contributed by atoms with Crippen molar-refractivity contribution >= 4 is 14.6 Å². The van der Waals surface area contributed by atoms with Crippen LogP contribution in [0.2, 0.25) is 13.1 Å². The van der Waals surface area contributed by atoms with Gasteiger partial charge >= 0.3 is 0 Å². The third kappa shape index (κ3) is 4.89. The zero-order valence-corrected chi connectivity index (χ0v) is 24.8. The smallest absolute Gasteiger partial charge is 0.274 e. The second kappa shape index (κ2) is 10.6. The highest BCUT2D eigenvalue weighted by atomic mass is 28.3. The lowest BCUT2D eigenvalue weighted by atomic mass is 9.53. The van der Waals surface area contributed by atoms with E-state index in [-0.39, 0.29) is 10.8 Å². The number of allylic oxidation sites excluding steroid dienone is 3. The van der Waals surface area contributed by atoms with E-state index in [1.807, 2.05) is 6.26 Å². The van der Waals surface area contributed by atoms with E-state index < -0.39 is 9.04 Å². The largest absolute Gasteiger partial charge is 0.542 e. The van der Waals surface area contributed by atoms with Gasteiger partial charge in [-0.2, -0.15) is 0 Å². The minimum absolute atomic E-state index is 0.00759. The summed E-state index contributed by atoms with van der Waals surface area (Å²) < 4.78 is 12.5. The SMILES string of the molecule is COC=C1CCC2(c3cccc(C(C)(C)C)c3O[Si](C)C)CC1C(c1ccccc1)C=C2c1ccccc1. The minimum atomic E-state index is -0.963. The molecule has 5 rings (SSSR count). The standard InChI is InChI=1S/C35H41O2Si/c1-34(2,3)30-18-13-19-31(33(30)37-38(5)6)35-21-20-27(24-36-4)29(23-35)28(25-14-9-7-10-15-25)22-32(35)26-16-11-8-12-17-26/h7-19,22,24,28-29H,20-21,23H2,1-6H3. The molecule has 0 heterocycles. The lowest BCUT2D eigenvalue weighted by Crippen LogP contribution is -2.41. The molecule has 0 aliphatic heterocycles. The normalized spacial score (nSPS) is 24.3. The first-order valence-corrected chi connectivity index (χ1v) is 16.3. The van der Waals surface area contributed by atoms with Crippen LogP contribution in [0.5, 0.6) is 5.75 Å². The fraction of sp³-hybridized carbons (Fsp3) is 0.371. The molecule has 3 aromatic rings. The first kappa shape index (κ1) is 26.6. The molecule has 3 aromatic carbocycles. The van der Waals surface area contributed by atoms with Crippen molar-refractivity contribution in [2.24, 2.45) is 5.92 Å². The van der Waals surface area contributed by atoms with E-state index in [1.54, 1.807) is 7.11 Å². The molecule has 0 amide bonds. The van der Waals surface area contributed by atoms with Crippen molar-refractivity contribution in [2.45, 2.75) is 69.9 Å². The van der Waals surface area contributed by atoms with Gasteiger partial charge < -0.3 is 9.16 Å². The van der Waals surface area contributed by atoms with Gasteiger partial charge in [0.2, 0.25) is 0 Å². The van der Waals surface area contributed by atoms with Gasteiger partial charge in [0, 0.05) is 16.9 Å². The third-order valence-corrected chi connectivity index (χ3v) is 8.98. The van der Waals surface area contributed by atoms with Gasteiger partial charge in [0.15, 0.2) is 0 Å². The summed E-state index contributed by atoms with van der Waals surface area (Å²) >= 11 is 0. The van der Waals surface area contributed by atoms with Crippen molar-refractivity contribution in [2.75, 3.05) is 7.11 Å². The van der Waals surface area contributed by atoms with E-state index in [4.69, 9.17) is 9.16 Å². The average Bonchev–Trinajstić information content (AvgIpc) is 2.90. The van der Waals surface area contributed by atoms with Gasteiger partial charge in [-0.25, -0.2) is 0 Å². The topological polar surface area (TPSA) is 18.5 Å². The molecule has 1 radical (unpaired) electrons. The second-order valence-corrected chi connectivity index (χ2v) is 14.2. The van der Waals surface area contributed by atoms with E-state index >= 15 is 0 Å². The highest BCUT2D eigenvalue weighted by molar-refractivity contribution is 6.49. The molecule has 2 nitrogen and oxygen atoms in total. The van der Waals surface area contributed by atoms with Crippen LogP contribution in [-0.2, 0) is 15.6 Å². The molecule has 2 bridgehead atoms. The Morgan fingerprint density at radius 2 is 1.58 bits per heavy atom. The predicted octanol–water partition coefficient (Wildman–Crippen LogP) is 9.06. The van der Waals surface area contributed by atoms with Crippen LogP contribution in [0.25, 0.3) is 5.57 Å². The Balaban J connectivity index is 1.81. The van der Waals surface area contributed by atoms with E-state index in [1.165, 1.54) is 33.4 Å². The second-order valence-electron chi connectivity index (χ2n) is 12.1. The number of fused-ring (bicyclic) bond motifs is 2. The predicted molar refractivity (Wildman–Crippen MR) is 161 cm³/mol. The van der Waals surface area contributed by atoms with Gasteiger partial charge in [-0.05, 0) is 71.5 Å². The number of methoxy groups -OCH3 is 1. The summed E-state index contributed by atoms with van der Waals surface area (Å²) in [6, 6.07) is 29.0. The van der Waals surface area contributed by atoms with Gasteiger partial charge in [-0.1, -0.05) is 106 Å². The summed E-state index contributed by atoms with van der Waals surface area (Å²) in [5, 5.41) is 0. The fourth-order valence-electron chi connectivity index (χ4n) is 6.71. The summed E-state index contributed by atoms with van der Waals surface area (Å²) in [7, 11) is 0.820. The Morgan fingerprint density at radius 3 is 2.21 bits per heavy atom. The van der Waals surface area contributed by atoms with E-state index in [9.17, 15) is 0 Å². The molecule has 3 atom stereocenters. The van der Waals surface area contributed by atoms with Crippen LogP contribution >= 0.6 is 0 Å². The monoisotopic (exact) mass is 521 g/mol. The fourth-order valence-corrected chi connectivity index (χ4v) is 7.34.